The number of methoxy groups -OCH3 is 1. The van der Waals surface area contributed by atoms with E-state index in [1.165, 1.54) is 4.90 Å². The fourth-order valence-corrected chi connectivity index (χ4v) is 2.73. The maximum Gasteiger partial charge on any atom is 0.271 e. The number of carbonyl (C=O) groups is 1. The van der Waals surface area contributed by atoms with Crippen LogP contribution in [0, 0.1) is 11.3 Å². The van der Waals surface area contributed by atoms with Crippen LogP contribution in [0.5, 0.6) is 5.75 Å². The highest BCUT2D eigenvalue weighted by molar-refractivity contribution is 6.32. The Morgan fingerprint density at radius 1 is 1.42 bits per heavy atom. The van der Waals surface area contributed by atoms with E-state index in [1.54, 1.807) is 45.6 Å². The first kappa shape index (κ1) is 17.8. The van der Waals surface area contributed by atoms with Crippen molar-refractivity contribution in [2.75, 3.05) is 21.2 Å². The predicted molar refractivity (Wildman–Crippen MR) is 93.3 cm³/mol. The highest BCUT2D eigenvalue weighted by atomic mass is 35.5. The zero-order chi connectivity index (χ0) is 17.9. The highest BCUT2D eigenvalue weighted by Crippen LogP contribution is 2.40. The van der Waals surface area contributed by atoms with Crippen molar-refractivity contribution >= 4 is 17.5 Å². The molecule has 0 saturated heterocycles. The minimum Gasteiger partial charge on any atom is -0.496 e. The van der Waals surface area contributed by atoms with Crippen molar-refractivity contribution in [1.82, 2.24) is 9.88 Å². The molecule has 0 atom stereocenters. The number of halogens is 1. The van der Waals surface area contributed by atoms with Gasteiger partial charge in [0.25, 0.3) is 5.91 Å². The molecule has 0 fully saturated rings. The molecule has 0 N–H and O–H groups in total. The Hall–Kier alpha value is -2.58. The second-order valence-corrected chi connectivity index (χ2v) is 5.81. The molecule has 0 radical (unpaired) electrons. The number of carbonyl (C=O) groups excluding carboxylic acids is 1. The lowest BCUT2D eigenvalue weighted by atomic mass is 9.96. The molecule has 2 aromatic rings. The third kappa shape index (κ3) is 3.19. The zero-order valence-electron chi connectivity index (χ0n) is 14.1. The maximum absolute atomic E-state index is 12.0. The summed E-state index contributed by atoms with van der Waals surface area (Å²) in [4.78, 5) is 17.6. The molecule has 6 heteroatoms. The van der Waals surface area contributed by atoms with Gasteiger partial charge in [-0.15, -0.1) is 0 Å². The topological polar surface area (TPSA) is 66.2 Å². The van der Waals surface area contributed by atoms with Crippen LogP contribution in [0.25, 0.3) is 11.1 Å². The van der Waals surface area contributed by atoms with E-state index in [1.807, 2.05) is 6.92 Å². The van der Waals surface area contributed by atoms with Crippen LogP contribution in [0.3, 0.4) is 0 Å². The fraction of sp³-hybridized carbons (Fsp3) is 0.278. The van der Waals surface area contributed by atoms with Crippen LogP contribution in [-0.2, 0) is 6.42 Å². The van der Waals surface area contributed by atoms with E-state index in [9.17, 15) is 10.1 Å². The van der Waals surface area contributed by atoms with Crippen molar-refractivity contribution in [3.05, 3.63) is 46.2 Å². The molecule has 24 heavy (non-hydrogen) atoms. The number of hydrogen-bond acceptors (Lipinski definition) is 4. The first-order chi connectivity index (χ1) is 11.4. The van der Waals surface area contributed by atoms with Gasteiger partial charge in [0.2, 0.25) is 0 Å². The molecule has 0 aliphatic carbocycles. The highest BCUT2D eigenvalue weighted by Gasteiger charge is 2.20. The van der Waals surface area contributed by atoms with Gasteiger partial charge in [0, 0.05) is 31.4 Å². The molecule has 1 amide bonds. The number of hydrogen-bond donors (Lipinski definition) is 0. The Kier molecular flexibility index (Phi) is 5.42. The SMILES string of the molecule is CCc1cc(Cl)c(C#N)c(-c2ccc(C(=O)N(C)C)nc2)c1OC. The molecular formula is C18H18ClN3O2. The lowest BCUT2D eigenvalue weighted by Gasteiger charge is -2.16. The third-order valence-electron chi connectivity index (χ3n) is 3.68. The number of nitrogens with zero attached hydrogens (tertiary/aromatic N) is 3. The summed E-state index contributed by atoms with van der Waals surface area (Å²) in [6.45, 7) is 1.99. The van der Waals surface area contributed by atoms with Crippen LogP contribution in [-0.4, -0.2) is 37.0 Å². The first-order valence-corrected chi connectivity index (χ1v) is 7.79. The summed E-state index contributed by atoms with van der Waals surface area (Å²) in [7, 11) is 4.89. The van der Waals surface area contributed by atoms with Crippen molar-refractivity contribution in [1.29, 1.82) is 5.26 Å². The predicted octanol–water partition coefficient (Wildman–Crippen LogP) is 3.55. The van der Waals surface area contributed by atoms with Crippen LogP contribution in [0.1, 0.15) is 28.5 Å². The van der Waals surface area contributed by atoms with Crippen LogP contribution < -0.4 is 4.74 Å². The minimum absolute atomic E-state index is 0.186. The van der Waals surface area contributed by atoms with Crippen LogP contribution in [0.4, 0.5) is 0 Å². The zero-order valence-corrected chi connectivity index (χ0v) is 14.8. The number of ether oxygens (including phenoxy) is 1. The van der Waals surface area contributed by atoms with Crippen molar-refractivity contribution in [2.24, 2.45) is 0 Å². The van der Waals surface area contributed by atoms with E-state index in [2.05, 4.69) is 11.1 Å². The minimum atomic E-state index is -0.186. The average Bonchev–Trinajstić information content (AvgIpc) is 2.60. The van der Waals surface area contributed by atoms with E-state index in [-0.39, 0.29) is 5.91 Å². The first-order valence-electron chi connectivity index (χ1n) is 7.42. The molecule has 0 aliphatic rings. The molecule has 0 aliphatic heterocycles. The number of aryl methyl sites for hydroxylation is 1. The molecule has 124 valence electrons. The molecule has 5 nitrogen and oxygen atoms in total. The quantitative estimate of drug-likeness (QED) is 0.851. The number of benzene rings is 1. The van der Waals surface area contributed by atoms with Crippen molar-refractivity contribution in [2.45, 2.75) is 13.3 Å². The second-order valence-electron chi connectivity index (χ2n) is 5.40. The van der Waals surface area contributed by atoms with Gasteiger partial charge >= 0.3 is 0 Å². The summed E-state index contributed by atoms with van der Waals surface area (Å²) < 4.78 is 5.52. The Morgan fingerprint density at radius 2 is 2.12 bits per heavy atom. The molecule has 0 spiro atoms. The third-order valence-corrected chi connectivity index (χ3v) is 3.98. The van der Waals surface area contributed by atoms with E-state index >= 15 is 0 Å². The lowest BCUT2D eigenvalue weighted by molar-refractivity contribution is 0.0822. The largest absolute Gasteiger partial charge is 0.496 e. The number of nitriles is 1. The van der Waals surface area contributed by atoms with Gasteiger partial charge in [0.05, 0.1) is 17.7 Å². The Morgan fingerprint density at radius 3 is 2.58 bits per heavy atom. The van der Waals surface area contributed by atoms with E-state index in [0.717, 1.165) is 5.56 Å². The summed E-state index contributed by atoms with van der Waals surface area (Å²) in [5, 5.41) is 9.86. The van der Waals surface area contributed by atoms with Gasteiger partial charge < -0.3 is 9.64 Å². The average molecular weight is 344 g/mol. The summed E-state index contributed by atoms with van der Waals surface area (Å²) in [5.74, 6) is 0.418. The molecule has 2 rings (SSSR count). The second kappa shape index (κ2) is 7.33. The number of aromatic nitrogens is 1. The monoisotopic (exact) mass is 343 g/mol. The molecule has 0 saturated carbocycles. The summed E-state index contributed by atoms with van der Waals surface area (Å²) in [6, 6.07) is 7.26. The van der Waals surface area contributed by atoms with E-state index in [4.69, 9.17) is 16.3 Å². The van der Waals surface area contributed by atoms with Crippen LogP contribution in [0.15, 0.2) is 24.4 Å². The maximum atomic E-state index is 12.0. The number of amides is 1. The summed E-state index contributed by atoms with van der Waals surface area (Å²) in [5.41, 5.74) is 2.85. The van der Waals surface area contributed by atoms with Crippen molar-refractivity contribution < 1.29 is 9.53 Å². The molecule has 1 aromatic carbocycles. The van der Waals surface area contributed by atoms with Crippen LogP contribution >= 0.6 is 11.6 Å². The van der Waals surface area contributed by atoms with Gasteiger partial charge in [0.15, 0.2) is 0 Å². The van der Waals surface area contributed by atoms with Crippen molar-refractivity contribution in [3.8, 4) is 22.9 Å². The van der Waals surface area contributed by atoms with Gasteiger partial charge in [-0.3, -0.25) is 9.78 Å². The number of pyridine rings is 1. The van der Waals surface area contributed by atoms with Gasteiger partial charge in [-0.1, -0.05) is 24.6 Å². The number of rotatable bonds is 4. The van der Waals surface area contributed by atoms with Crippen LogP contribution in [0.2, 0.25) is 5.02 Å². The Balaban J connectivity index is 2.65. The lowest BCUT2D eigenvalue weighted by Crippen LogP contribution is -2.22. The molecule has 0 bridgehead atoms. The van der Waals surface area contributed by atoms with E-state index < -0.39 is 0 Å². The van der Waals surface area contributed by atoms with Gasteiger partial charge in [0.1, 0.15) is 17.5 Å². The fourth-order valence-electron chi connectivity index (χ4n) is 2.46. The van der Waals surface area contributed by atoms with Gasteiger partial charge in [-0.25, -0.2) is 0 Å². The van der Waals surface area contributed by atoms with Crippen molar-refractivity contribution in [3.63, 3.8) is 0 Å². The van der Waals surface area contributed by atoms with E-state index in [0.29, 0.717) is 39.6 Å². The summed E-state index contributed by atoms with van der Waals surface area (Å²) >= 11 is 6.26. The molecular weight excluding hydrogens is 326 g/mol. The Bertz CT molecular complexity index is 808. The molecule has 1 aromatic heterocycles. The molecule has 0 unspecified atom stereocenters. The smallest absolute Gasteiger partial charge is 0.271 e. The summed E-state index contributed by atoms with van der Waals surface area (Å²) in [6.07, 6.45) is 2.28. The molecule has 1 heterocycles. The Labute approximate surface area is 146 Å². The standard InChI is InChI=1S/C18H18ClN3O2/c1-5-11-8-14(19)13(9-20)16(17(11)24-4)12-6-7-15(21-10-12)18(23)22(2)3/h6-8,10H,5H2,1-4H3. The van der Waals surface area contributed by atoms with Gasteiger partial charge in [-0.2, -0.15) is 5.26 Å². The normalized spacial score (nSPS) is 10.2. The van der Waals surface area contributed by atoms with Gasteiger partial charge in [-0.05, 0) is 24.1 Å².